The summed E-state index contributed by atoms with van der Waals surface area (Å²) in [5.74, 6) is 2.52. The van der Waals surface area contributed by atoms with Crippen LogP contribution in [0.15, 0.2) is 71.8 Å². The van der Waals surface area contributed by atoms with E-state index in [1.54, 1.807) is 0 Å². The maximum atomic E-state index is 6.42. The molecule has 3 aliphatic rings. The molecular formula is C25H22N2O3. The Kier molecular flexibility index (Phi) is 3.94. The van der Waals surface area contributed by atoms with Gasteiger partial charge < -0.3 is 14.2 Å². The molecule has 5 heteroatoms. The Morgan fingerprint density at radius 3 is 2.53 bits per heavy atom. The van der Waals surface area contributed by atoms with Crippen LogP contribution in [0, 0.1) is 6.92 Å². The van der Waals surface area contributed by atoms with E-state index in [9.17, 15) is 0 Å². The SMILES string of the molecule is Cc1ccc([C@H]2Oc3ccccc3[C@H]3CC(c4ccc5c(c4)OCCO5)=NN32)cc1. The van der Waals surface area contributed by atoms with E-state index >= 15 is 0 Å². The molecular weight excluding hydrogens is 376 g/mol. The molecule has 0 aliphatic carbocycles. The minimum atomic E-state index is -0.250. The molecule has 0 radical (unpaired) electrons. The Morgan fingerprint density at radius 1 is 0.867 bits per heavy atom. The van der Waals surface area contributed by atoms with Gasteiger partial charge in [0.05, 0.1) is 11.8 Å². The summed E-state index contributed by atoms with van der Waals surface area (Å²) in [7, 11) is 0. The molecule has 2 atom stereocenters. The Bertz CT molecular complexity index is 1140. The van der Waals surface area contributed by atoms with Gasteiger partial charge in [0.25, 0.3) is 0 Å². The van der Waals surface area contributed by atoms with Crippen LogP contribution < -0.4 is 14.2 Å². The van der Waals surface area contributed by atoms with Gasteiger partial charge >= 0.3 is 0 Å². The predicted molar refractivity (Wildman–Crippen MR) is 114 cm³/mol. The molecule has 30 heavy (non-hydrogen) atoms. The first-order chi connectivity index (χ1) is 14.8. The van der Waals surface area contributed by atoms with Crippen molar-refractivity contribution in [2.75, 3.05) is 13.2 Å². The Hall–Kier alpha value is -3.47. The van der Waals surface area contributed by atoms with Gasteiger partial charge in [0.15, 0.2) is 11.5 Å². The molecule has 0 saturated carbocycles. The quantitative estimate of drug-likeness (QED) is 0.609. The average Bonchev–Trinajstić information content (AvgIpc) is 3.25. The Balaban J connectivity index is 1.41. The summed E-state index contributed by atoms with van der Waals surface area (Å²) < 4.78 is 17.9. The molecule has 0 unspecified atom stereocenters. The van der Waals surface area contributed by atoms with Gasteiger partial charge in [-0.25, -0.2) is 5.01 Å². The lowest BCUT2D eigenvalue weighted by molar-refractivity contribution is -0.0190. The molecule has 3 aliphatic heterocycles. The number of hydrogen-bond donors (Lipinski definition) is 0. The highest BCUT2D eigenvalue weighted by Gasteiger charge is 2.40. The maximum Gasteiger partial charge on any atom is 0.213 e. The average molecular weight is 398 g/mol. The van der Waals surface area contributed by atoms with Crippen LogP contribution in [-0.4, -0.2) is 23.9 Å². The Morgan fingerprint density at radius 2 is 1.67 bits per heavy atom. The Labute approximate surface area is 175 Å². The van der Waals surface area contributed by atoms with Crippen LogP contribution in [0.1, 0.15) is 40.9 Å². The van der Waals surface area contributed by atoms with Crippen LogP contribution in [0.4, 0.5) is 0 Å². The lowest BCUT2D eigenvalue weighted by Crippen LogP contribution is -2.33. The van der Waals surface area contributed by atoms with Gasteiger partial charge in [0.1, 0.15) is 19.0 Å². The fourth-order valence-corrected chi connectivity index (χ4v) is 4.38. The summed E-state index contributed by atoms with van der Waals surface area (Å²) >= 11 is 0. The standard InChI is InChI=1S/C25H22N2O3/c1-16-6-8-17(9-7-16)25-27-21(19-4-2-3-5-22(19)30-25)15-20(26-27)18-10-11-23-24(14-18)29-13-12-28-23/h2-11,14,21,25H,12-13,15H2,1H3/t21-,25-/m1/s1. The second-order valence-corrected chi connectivity index (χ2v) is 7.92. The van der Waals surface area contributed by atoms with Crippen molar-refractivity contribution in [3.8, 4) is 17.2 Å². The summed E-state index contributed by atoms with van der Waals surface area (Å²) in [5.41, 5.74) is 5.61. The number of aryl methyl sites for hydroxylation is 1. The molecule has 0 spiro atoms. The van der Waals surface area contributed by atoms with Crippen LogP contribution in [0.25, 0.3) is 0 Å². The fraction of sp³-hybridized carbons (Fsp3) is 0.240. The molecule has 3 heterocycles. The van der Waals surface area contributed by atoms with Gasteiger partial charge in [-0.2, -0.15) is 5.10 Å². The molecule has 6 rings (SSSR count). The first-order valence-corrected chi connectivity index (χ1v) is 10.3. The molecule has 0 fully saturated rings. The number of hydrogen-bond acceptors (Lipinski definition) is 5. The number of nitrogens with zero attached hydrogens (tertiary/aromatic N) is 2. The highest BCUT2D eigenvalue weighted by molar-refractivity contribution is 6.02. The van der Waals surface area contributed by atoms with Crippen LogP contribution in [0.2, 0.25) is 0 Å². The van der Waals surface area contributed by atoms with Crippen LogP contribution >= 0.6 is 0 Å². The van der Waals surface area contributed by atoms with Gasteiger partial charge in [-0.05, 0) is 31.2 Å². The minimum absolute atomic E-state index is 0.143. The van der Waals surface area contributed by atoms with Gasteiger partial charge in [0, 0.05) is 23.1 Å². The van der Waals surface area contributed by atoms with Crippen molar-refractivity contribution in [3.05, 3.63) is 89.0 Å². The van der Waals surface area contributed by atoms with Crippen LogP contribution in [0.5, 0.6) is 17.2 Å². The van der Waals surface area contributed by atoms with E-state index < -0.39 is 0 Å². The van der Waals surface area contributed by atoms with Crippen molar-refractivity contribution in [3.63, 3.8) is 0 Å². The maximum absolute atomic E-state index is 6.42. The minimum Gasteiger partial charge on any atom is -0.486 e. The molecule has 0 bridgehead atoms. The molecule has 150 valence electrons. The van der Waals surface area contributed by atoms with E-state index in [0.29, 0.717) is 13.2 Å². The zero-order valence-electron chi connectivity index (χ0n) is 16.7. The number of benzene rings is 3. The molecule has 3 aromatic rings. The van der Waals surface area contributed by atoms with Gasteiger partial charge in [-0.1, -0.05) is 48.0 Å². The molecule has 5 nitrogen and oxygen atoms in total. The third kappa shape index (κ3) is 2.81. The smallest absolute Gasteiger partial charge is 0.213 e. The van der Waals surface area contributed by atoms with Crippen LogP contribution in [0.3, 0.4) is 0 Å². The fourth-order valence-electron chi connectivity index (χ4n) is 4.38. The summed E-state index contributed by atoms with van der Waals surface area (Å²) in [6.07, 6.45) is 0.572. The van der Waals surface area contributed by atoms with E-state index in [1.165, 1.54) is 11.1 Å². The molecule has 3 aromatic carbocycles. The predicted octanol–water partition coefficient (Wildman–Crippen LogP) is 5.01. The molecule has 0 amide bonds. The number of ether oxygens (including phenoxy) is 3. The summed E-state index contributed by atoms with van der Waals surface area (Å²) in [6, 6.07) is 23.0. The normalized spacial score (nSPS) is 21.4. The highest BCUT2D eigenvalue weighted by atomic mass is 16.6. The molecule has 0 saturated heterocycles. The van der Waals surface area contributed by atoms with Gasteiger partial charge in [-0.15, -0.1) is 0 Å². The largest absolute Gasteiger partial charge is 0.486 e. The van der Waals surface area contributed by atoms with E-state index in [2.05, 4.69) is 60.5 Å². The number of rotatable bonds is 2. The van der Waals surface area contributed by atoms with Gasteiger partial charge in [-0.3, -0.25) is 0 Å². The first kappa shape index (κ1) is 17.4. The third-order valence-corrected chi connectivity index (χ3v) is 5.94. The molecule has 0 N–H and O–H groups in total. The summed E-state index contributed by atoms with van der Waals surface area (Å²) in [5, 5.41) is 7.15. The van der Waals surface area contributed by atoms with E-state index in [-0.39, 0.29) is 12.3 Å². The van der Waals surface area contributed by atoms with E-state index in [0.717, 1.165) is 40.5 Å². The zero-order valence-corrected chi connectivity index (χ0v) is 16.7. The highest BCUT2D eigenvalue weighted by Crippen LogP contribution is 2.47. The van der Waals surface area contributed by atoms with E-state index in [4.69, 9.17) is 19.3 Å². The van der Waals surface area contributed by atoms with Crippen LogP contribution in [-0.2, 0) is 0 Å². The van der Waals surface area contributed by atoms with Gasteiger partial charge in [0.2, 0.25) is 6.23 Å². The van der Waals surface area contributed by atoms with Crippen molar-refractivity contribution in [1.82, 2.24) is 5.01 Å². The second-order valence-electron chi connectivity index (χ2n) is 7.92. The summed E-state index contributed by atoms with van der Waals surface area (Å²) in [4.78, 5) is 0. The second kappa shape index (κ2) is 6.80. The third-order valence-electron chi connectivity index (χ3n) is 5.94. The first-order valence-electron chi connectivity index (χ1n) is 10.3. The zero-order chi connectivity index (χ0) is 20.1. The van der Waals surface area contributed by atoms with Crippen molar-refractivity contribution in [1.29, 1.82) is 0 Å². The monoisotopic (exact) mass is 398 g/mol. The lowest BCUT2D eigenvalue weighted by atomic mass is 9.95. The number of para-hydroxylation sites is 1. The number of fused-ring (bicyclic) bond motifs is 4. The van der Waals surface area contributed by atoms with Crippen molar-refractivity contribution >= 4 is 5.71 Å². The molecule has 0 aromatic heterocycles. The number of hydrazone groups is 1. The van der Waals surface area contributed by atoms with Crippen molar-refractivity contribution in [2.24, 2.45) is 5.10 Å². The topological polar surface area (TPSA) is 43.3 Å². The van der Waals surface area contributed by atoms with Crippen molar-refractivity contribution in [2.45, 2.75) is 25.6 Å². The lowest BCUT2D eigenvalue weighted by Gasteiger charge is -2.38. The summed E-state index contributed by atoms with van der Waals surface area (Å²) in [6.45, 7) is 3.27. The van der Waals surface area contributed by atoms with E-state index in [1.807, 2.05) is 18.2 Å². The van der Waals surface area contributed by atoms with Crippen molar-refractivity contribution < 1.29 is 14.2 Å².